The number of aryl methyl sites for hydroxylation is 1. The highest BCUT2D eigenvalue weighted by Gasteiger charge is 2.45. The largest absolute Gasteiger partial charge is 0.457 e. The van der Waals surface area contributed by atoms with E-state index in [0.29, 0.717) is 47.3 Å². The number of rotatable bonds is 25. The van der Waals surface area contributed by atoms with Crippen LogP contribution in [-0.4, -0.2) is 68.3 Å². The Morgan fingerprint density at radius 3 is 2.24 bits per heavy atom. The number of anilines is 1. The van der Waals surface area contributed by atoms with Gasteiger partial charge in [0.05, 0.1) is 29.5 Å². The molecule has 3 aromatic rings. The molecule has 0 spiro atoms. The van der Waals surface area contributed by atoms with Crippen LogP contribution < -0.4 is 9.64 Å². The van der Waals surface area contributed by atoms with Crippen LogP contribution in [-0.2, 0) is 58.2 Å². The van der Waals surface area contributed by atoms with E-state index in [1.54, 1.807) is 0 Å². The Labute approximate surface area is 420 Å². The zero-order chi connectivity index (χ0) is 50.3. The van der Waals surface area contributed by atoms with Gasteiger partial charge in [0.1, 0.15) is 18.1 Å². The lowest BCUT2D eigenvalue weighted by Gasteiger charge is -2.27. The molecule has 3 aliphatic rings. The fourth-order valence-electron chi connectivity index (χ4n) is 9.00. The van der Waals surface area contributed by atoms with Crippen molar-refractivity contribution >= 4 is 71.5 Å². The van der Waals surface area contributed by atoms with Crippen molar-refractivity contribution in [3.63, 3.8) is 0 Å². The number of hydroxylamine groups is 2. The van der Waals surface area contributed by atoms with Crippen molar-refractivity contribution < 1.29 is 72.4 Å². The molecular formula is C50H60N3O14S3+. The lowest BCUT2D eigenvalue weighted by molar-refractivity contribution is -0.438. The number of amides is 2. The summed E-state index contributed by atoms with van der Waals surface area (Å²) in [6.45, 7) is 13.5. The molecule has 2 aliphatic heterocycles. The van der Waals surface area contributed by atoms with Gasteiger partial charge >= 0.3 is 5.97 Å². The number of fused-ring (bicyclic) bond motifs is 2. The molecule has 376 valence electrons. The molecule has 1 aliphatic carbocycles. The zero-order valence-corrected chi connectivity index (χ0v) is 42.5. The van der Waals surface area contributed by atoms with E-state index in [4.69, 9.17) is 29.7 Å². The van der Waals surface area contributed by atoms with Crippen LogP contribution in [0.3, 0.4) is 0 Å². The van der Waals surface area contributed by atoms with Crippen LogP contribution in [0.1, 0.15) is 109 Å². The summed E-state index contributed by atoms with van der Waals surface area (Å²) in [5.74, 6) is 0.673. The maximum atomic E-state index is 12.4. The minimum Gasteiger partial charge on any atom is -0.457 e. The third-order valence-electron chi connectivity index (χ3n) is 12.4. The van der Waals surface area contributed by atoms with E-state index in [1.165, 1.54) is 22.5 Å². The average Bonchev–Trinajstić information content (AvgIpc) is 3.68. The summed E-state index contributed by atoms with van der Waals surface area (Å²) >= 11 is 2.82. The number of nitrogens with zero attached hydrogens (tertiary/aromatic N) is 3. The van der Waals surface area contributed by atoms with Gasteiger partial charge in [0.15, 0.2) is 5.71 Å². The number of carbonyl (C=O) groups is 3. The second-order valence-corrected chi connectivity index (χ2v) is 20.2. The first-order valence-corrected chi connectivity index (χ1v) is 25.3. The fourth-order valence-corrected chi connectivity index (χ4v) is 10.2. The summed E-state index contributed by atoms with van der Waals surface area (Å²) < 4.78 is 23.2. The van der Waals surface area contributed by atoms with Gasteiger partial charge in [-0.05, 0) is 137 Å². The minimum absolute atomic E-state index is 0.0408. The first kappa shape index (κ1) is 54.5. The van der Waals surface area contributed by atoms with E-state index in [-0.39, 0.29) is 18.2 Å². The third-order valence-corrected chi connectivity index (χ3v) is 14.2. The summed E-state index contributed by atoms with van der Waals surface area (Å²) in [4.78, 5) is 43.8. The van der Waals surface area contributed by atoms with Crippen LogP contribution in [0.5, 0.6) is 5.75 Å². The van der Waals surface area contributed by atoms with E-state index in [1.807, 2.05) is 42.5 Å². The molecule has 0 radical (unpaired) electrons. The highest BCUT2D eigenvalue weighted by molar-refractivity contribution is 7.95. The Morgan fingerprint density at radius 2 is 1.53 bits per heavy atom. The average molecular weight is 1020 g/mol. The summed E-state index contributed by atoms with van der Waals surface area (Å²) in [7, 11) is 0. The van der Waals surface area contributed by atoms with Crippen LogP contribution >= 0.6 is 36.1 Å². The second kappa shape index (κ2) is 26.1. The van der Waals surface area contributed by atoms with E-state index < -0.39 is 17.3 Å². The van der Waals surface area contributed by atoms with E-state index >= 15 is 0 Å². The van der Waals surface area contributed by atoms with Crippen molar-refractivity contribution in [2.45, 2.75) is 120 Å². The number of imide groups is 1. The van der Waals surface area contributed by atoms with Crippen molar-refractivity contribution in [1.82, 2.24) is 5.06 Å². The molecule has 20 heteroatoms. The van der Waals surface area contributed by atoms with E-state index in [2.05, 4.69) is 110 Å². The Hall–Kier alpha value is -4.81. The fraction of sp³-hybridized carbons (Fsp3) is 0.400. The van der Waals surface area contributed by atoms with Gasteiger partial charge in [-0.25, -0.2) is 20.6 Å². The van der Waals surface area contributed by atoms with E-state index in [9.17, 15) is 14.4 Å². The molecular weight excluding hydrogens is 963 g/mol. The Balaban J connectivity index is 1.37. The molecule has 0 bridgehead atoms. The highest BCUT2D eigenvalue weighted by Crippen LogP contribution is 2.49. The zero-order valence-electron chi connectivity index (χ0n) is 40.0. The van der Waals surface area contributed by atoms with Gasteiger partial charge in [-0.1, -0.05) is 52.7 Å². The number of unbranched alkanes of at least 4 members (excludes halogenated alkanes) is 3. The molecule has 70 heavy (non-hydrogen) atoms. The molecule has 0 unspecified atom stereocenters. The number of ether oxygens (including phenoxy) is 1. The number of hydrogen-bond acceptors (Lipinski definition) is 18. The first-order chi connectivity index (χ1) is 33.7. The van der Waals surface area contributed by atoms with Crippen molar-refractivity contribution in [1.29, 1.82) is 0 Å². The van der Waals surface area contributed by atoms with Gasteiger partial charge in [-0.3, -0.25) is 9.59 Å². The number of hydrogen-bond donors (Lipinski definition) is 3. The smallest absolute Gasteiger partial charge is 0.333 e. The SMILES string of the molecule is CC(=O)N(C=O)OC(=O)CCCCC[N+]1=C(/C=C/C2=C(Oc3ccc(SOOO)cc3)C(=C/C=C3/N(CCCCSOOO)c4ccc(C)cc4C3(C)C)/CCC2)C(C)(C)c2cc(SOOO)ccc21. The summed E-state index contributed by atoms with van der Waals surface area (Å²) in [5.41, 5.74) is 9.13. The third kappa shape index (κ3) is 13.8. The Bertz CT molecular complexity index is 2490. The highest BCUT2D eigenvalue weighted by atomic mass is 32.2. The van der Waals surface area contributed by atoms with Crippen LogP contribution in [0.4, 0.5) is 11.4 Å². The van der Waals surface area contributed by atoms with Gasteiger partial charge < -0.3 is 14.5 Å². The maximum absolute atomic E-state index is 12.4. The van der Waals surface area contributed by atoms with Crippen molar-refractivity contribution in [3.8, 4) is 5.75 Å². The van der Waals surface area contributed by atoms with Crippen molar-refractivity contribution in [3.05, 3.63) is 124 Å². The quantitative estimate of drug-likeness (QED) is 0.0181. The lowest BCUT2D eigenvalue weighted by Crippen LogP contribution is -2.30. The number of benzene rings is 3. The van der Waals surface area contributed by atoms with Gasteiger partial charge in [0.25, 0.3) is 12.3 Å². The van der Waals surface area contributed by atoms with Crippen molar-refractivity contribution in [2.75, 3.05) is 23.7 Å². The van der Waals surface area contributed by atoms with Gasteiger partial charge in [0.2, 0.25) is 5.69 Å². The number of carbonyl (C=O) groups excluding carboxylic acids is 3. The van der Waals surface area contributed by atoms with E-state index in [0.717, 1.165) is 120 Å². The van der Waals surface area contributed by atoms with Crippen LogP contribution in [0.15, 0.2) is 117 Å². The molecule has 0 saturated heterocycles. The molecule has 3 N–H and O–H groups in total. The summed E-state index contributed by atoms with van der Waals surface area (Å²) in [5, 5.41) is 38.0. The maximum Gasteiger partial charge on any atom is 0.333 e. The van der Waals surface area contributed by atoms with Crippen LogP contribution in [0.25, 0.3) is 0 Å². The normalized spacial score (nSPS) is 17.2. The molecule has 2 amide bonds. The molecule has 0 aromatic heterocycles. The lowest BCUT2D eigenvalue weighted by atomic mass is 9.81. The molecule has 0 saturated carbocycles. The Morgan fingerprint density at radius 1 is 0.800 bits per heavy atom. The predicted molar refractivity (Wildman–Crippen MR) is 265 cm³/mol. The molecule has 17 nitrogen and oxygen atoms in total. The predicted octanol–water partition coefficient (Wildman–Crippen LogP) is 11.8. The molecule has 6 rings (SSSR count). The standard InChI is InChI=1S/C50H59N3O14S3/c1-34-16-24-43-41(31-34)49(3,4)45(52(43)29-10-11-30-68-65-62-57)26-17-36-13-12-14-37(48(36)60-38-19-21-39(22-20-38)69-66-63-58)18-27-46-50(5,6)42-32-40(70-67-64-59)23-25-44(42)51(46)28-9-7-8-15-47(56)61-53(33-54)35(2)55/h16-27,31-33H,7-15,28-30H2,1-6H3,(H2-,57,58,59)/p+1. The van der Waals surface area contributed by atoms with Gasteiger partial charge in [-0.2, -0.15) is 4.58 Å². The van der Waals surface area contributed by atoms with Crippen LogP contribution in [0, 0.1) is 6.92 Å². The molecule has 3 aromatic carbocycles. The van der Waals surface area contributed by atoms with Gasteiger partial charge in [-0.15, -0.1) is 18.1 Å². The van der Waals surface area contributed by atoms with Crippen molar-refractivity contribution in [2.24, 2.45) is 0 Å². The summed E-state index contributed by atoms with van der Waals surface area (Å²) in [6, 6.07) is 19.9. The number of allylic oxidation sites excluding steroid dienone is 7. The molecule has 0 fully saturated rings. The Kier molecular flexibility index (Phi) is 20.3. The molecule has 0 atom stereocenters. The van der Waals surface area contributed by atoms with Crippen LogP contribution in [0.2, 0.25) is 0 Å². The monoisotopic (exact) mass is 1020 g/mol. The second-order valence-electron chi connectivity index (χ2n) is 17.8. The summed E-state index contributed by atoms with van der Waals surface area (Å²) in [6.07, 6.45) is 15.0. The first-order valence-electron chi connectivity index (χ1n) is 22.9. The van der Waals surface area contributed by atoms with Gasteiger partial charge in [0, 0.05) is 88.4 Å². The minimum atomic E-state index is -0.684. The topological polar surface area (TPSA) is 195 Å². The molecule has 2 heterocycles.